The van der Waals surface area contributed by atoms with Crippen molar-refractivity contribution in [1.29, 1.82) is 0 Å². The highest BCUT2D eigenvalue weighted by atomic mass is 35.6. The van der Waals surface area contributed by atoms with Crippen molar-refractivity contribution in [2.24, 2.45) is 0 Å². The van der Waals surface area contributed by atoms with Crippen molar-refractivity contribution in [2.45, 2.75) is 16.9 Å². The third-order valence-electron chi connectivity index (χ3n) is 3.51. The first-order valence-corrected chi connectivity index (χ1v) is 9.53. The molecule has 0 aliphatic rings. The van der Waals surface area contributed by atoms with Gasteiger partial charge in [0.05, 0.1) is 0 Å². The third kappa shape index (κ3) is 7.39. The number of hydrogen-bond donors (Lipinski definition) is 3. The van der Waals surface area contributed by atoms with Gasteiger partial charge < -0.3 is 16.0 Å². The van der Waals surface area contributed by atoms with Gasteiger partial charge in [-0.15, -0.1) is 0 Å². The van der Waals surface area contributed by atoms with E-state index in [0.717, 1.165) is 16.8 Å². The quantitative estimate of drug-likeness (QED) is 0.269. The first kappa shape index (κ1) is 21.5. The minimum Gasteiger partial charge on any atom is -0.339 e. The molecule has 142 valence electrons. The summed E-state index contributed by atoms with van der Waals surface area (Å²) in [5.41, 5.74) is 2.69. The van der Waals surface area contributed by atoms with E-state index < -0.39 is 15.9 Å². The monoisotopic (exact) mass is 441 g/mol. The molecule has 0 radical (unpaired) electrons. The van der Waals surface area contributed by atoms with Gasteiger partial charge in [0.15, 0.2) is 5.11 Å². The van der Waals surface area contributed by atoms with Crippen LogP contribution in [0.5, 0.6) is 0 Å². The van der Waals surface area contributed by atoms with E-state index in [1.165, 1.54) is 6.08 Å². The molecule has 0 spiro atoms. The average molecular weight is 443 g/mol. The fourth-order valence-corrected chi connectivity index (χ4v) is 2.68. The second-order valence-corrected chi connectivity index (χ2v) is 8.42. The highest BCUT2D eigenvalue weighted by molar-refractivity contribution is 7.80. The van der Waals surface area contributed by atoms with Crippen LogP contribution < -0.4 is 16.0 Å². The zero-order valence-electron chi connectivity index (χ0n) is 14.4. The Labute approximate surface area is 178 Å². The van der Waals surface area contributed by atoms with Crippen molar-refractivity contribution in [3.63, 3.8) is 0 Å². The van der Waals surface area contributed by atoms with Crippen LogP contribution in [0.15, 0.2) is 60.7 Å². The first-order chi connectivity index (χ1) is 12.8. The summed E-state index contributed by atoms with van der Waals surface area (Å²) in [6.45, 7) is 1.94. The number of thiocarbonyl (C=S) groups is 1. The van der Waals surface area contributed by atoms with Crippen LogP contribution in [0.2, 0.25) is 0 Å². The number of hydrogen-bond acceptors (Lipinski definition) is 2. The van der Waals surface area contributed by atoms with Gasteiger partial charge in [-0.05, 0) is 42.4 Å². The average Bonchev–Trinajstić information content (AvgIpc) is 2.61. The molecule has 0 aliphatic carbocycles. The standard InChI is InChI=1S/C19H18Cl3N3OS/c1-13-7-5-6-10-15(13)23-18(27)25-17(19(20,21)22)24-16(26)12-11-14-8-3-2-4-9-14/h2-12,17H,1H3,(H,24,26)(H2,23,25,27)/b12-11-. The predicted octanol–water partition coefficient (Wildman–Crippen LogP) is 4.81. The second kappa shape index (κ2) is 9.95. The molecule has 4 nitrogen and oxygen atoms in total. The Morgan fingerprint density at radius 1 is 1.04 bits per heavy atom. The summed E-state index contributed by atoms with van der Waals surface area (Å²) in [4.78, 5) is 12.2. The van der Waals surface area contributed by atoms with Crippen LogP contribution >= 0.6 is 47.0 Å². The van der Waals surface area contributed by atoms with Gasteiger partial charge in [0, 0.05) is 11.8 Å². The molecular weight excluding hydrogens is 425 g/mol. The highest BCUT2D eigenvalue weighted by Gasteiger charge is 2.34. The summed E-state index contributed by atoms with van der Waals surface area (Å²) in [7, 11) is 0. The topological polar surface area (TPSA) is 53.2 Å². The number of nitrogens with one attached hydrogen (secondary N) is 3. The van der Waals surface area contributed by atoms with E-state index in [1.54, 1.807) is 6.08 Å². The van der Waals surface area contributed by atoms with Crippen molar-refractivity contribution in [2.75, 3.05) is 5.32 Å². The van der Waals surface area contributed by atoms with E-state index in [1.807, 2.05) is 61.5 Å². The lowest BCUT2D eigenvalue weighted by molar-refractivity contribution is -0.117. The Morgan fingerprint density at radius 2 is 1.67 bits per heavy atom. The molecule has 0 aromatic heterocycles. The maximum absolute atomic E-state index is 12.2. The van der Waals surface area contributed by atoms with E-state index in [-0.39, 0.29) is 5.11 Å². The molecule has 1 atom stereocenters. The van der Waals surface area contributed by atoms with Crippen LogP contribution in [0, 0.1) is 6.92 Å². The molecule has 27 heavy (non-hydrogen) atoms. The van der Waals surface area contributed by atoms with Gasteiger partial charge in [-0.2, -0.15) is 0 Å². The van der Waals surface area contributed by atoms with Gasteiger partial charge in [-0.25, -0.2) is 0 Å². The molecule has 0 heterocycles. The van der Waals surface area contributed by atoms with E-state index in [4.69, 9.17) is 47.0 Å². The molecular formula is C19H18Cl3N3OS. The van der Waals surface area contributed by atoms with Crippen LogP contribution in [0.3, 0.4) is 0 Å². The molecule has 0 aliphatic heterocycles. The summed E-state index contributed by atoms with van der Waals surface area (Å²) in [6.07, 6.45) is 1.99. The zero-order chi connectivity index (χ0) is 19.9. The van der Waals surface area contributed by atoms with Gasteiger partial charge in [0.25, 0.3) is 0 Å². The minimum absolute atomic E-state index is 0.216. The van der Waals surface area contributed by atoms with Crippen molar-refractivity contribution >= 4 is 69.8 Å². The minimum atomic E-state index is -1.81. The number of rotatable bonds is 5. The molecule has 0 fully saturated rings. The maximum atomic E-state index is 12.2. The van der Waals surface area contributed by atoms with Gasteiger partial charge in [-0.1, -0.05) is 83.3 Å². The number of amides is 1. The van der Waals surface area contributed by atoms with E-state index in [2.05, 4.69) is 16.0 Å². The molecule has 1 unspecified atom stereocenters. The molecule has 0 saturated heterocycles. The number of aryl methyl sites for hydroxylation is 1. The summed E-state index contributed by atoms with van der Waals surface area (Å²) in [5.74, 6) is -0.429. The first-order valence-electron chi connectivity index (χ1n) is 7.99. The molecule has 2 aromatic carbocycles. The van der Waals surface area contributed by atoms with Gasteiger partial charge in [-0.3, -0.25) is 4.79 Å². The van der Waals surface area contributed by atoms with E-state index in [0.29, 0.717) is 0 Å². The van der Waals surface area contributed by atoms with Crippen molar-refractivity contribution in [3.05, 3.63) is 71.8 Å². The smallest absolute Gasteiger partial charge is 0.245 e. The van der Waals surface area contributed by atoms with Crippen molar-refractivity contribution in [3.8, 4) is 0 Å². The number of alkyl halides is 3. The SMILES string of the molecule is Cc1ccccc1NC(=S)NC(NC(=O)/C=C\c1ccccc1)C(Cl)(Cl)Cl. The van der Waals surface area contributed by atoms with Gasteiger partial charge in [0.2, 0.25) is 9.70 Å². The molecule has 2 aromatic rings. The molecule has 2 rings (SSSR count). The number of para-hydroxylation sites is 1. The zero-order valence-corrected chi connectivity index (χ0v) is 17.5. The molecule has 0 saturated carbocycles. The summed E-state index contributed by atoms with van der Waals surface area (Å²) >= 11 is 23.2. The lowest BCUT2D eigenvalue weighted by Crippen LogP contribution is -2.55. The second-order valence-electron chi connectivity index (χ2n) is 5.64. The largest absolute Gasteiger partial charge is 0.339 e. The van der Waals surface area contributed by atoms with Gasteiger partial charge >= 0.3 is 0 Å². The lowest BCUT2D eigenvalue weighted by atomic mass is 10.2. The van der Waals surface area contributed by atoms with Crippen LogP contribution in [0.1, 0.15) is 11.1 Å². The van der Waals surface area contributed by atoms with Crippen LogP contribution in [-0.4, -0.2) is 21.0 Å². The molecule has 0 bridgehead atoms. The molecule has 3 N–H and O–H groups in total. The van der Waals surface area contributed by atoms with Crippen LogP contribution in [0.4, 0.5) is 5.69 Å². The number of halogens is 3. The van der Waals surface area contributed by atoms with Crippen molar-refractivity contribution in [1.82, 2.24) is 10.6 Å². The Morgan fingerprint density at radius 3 is 2.30 bits per heavy atom. The third-order valence-corrected chi connectivity index (χ3v) is 4.38. The van der Waals surface area contributed by atoms with E-state index >= 15 is 0 Å². The van der Waals surface area contributed by atoms with E-state index in [9.17, 15) is 4.79 Å². The van der Waals surface area contributed by atoms with Crippen LogP contribution in [0.25, 0.3) is 6.08 Å². The highest BCUT2D eigenvalue weighted by Crippen LogP contribution is 2.29. The summed E-state index contributed by atoms with van der Waals surface area (Å²) < 4.78 is -1.81. The summed E-state index contributed by atoms with van der Waals surface area (Å²) in [6, 6.07) is 17.0. The number of carbonyl (C=O) groups excluding carboxylic acids is 1. The Bertz CT molecular complexity index is 822. The maximum Gasteiger partial charge on any atom is 0.245 e. The number of anilines is 1. The molecule has 8 heteroatoms. The predicted molar refractivity (Wildman–Crippen MR) is 118 cm³/mol. The summed E-state index contributed by atoms with van der Waals surface area (Å²) in [5, 5.41) is 8.65. The Balaban J connectivity index is 2.00. The van der Waals surface area contributed by atoms with Crippen LogP contribution in [-0.2, 0) is 4.79 Å². The van der Waals surface area contributed by atoms with Crippen molar-refractivity contribution < 1.29 is 4.79 Å². The fourth-order valence-electron chi connectivity index (χ4n) is 2.13. The normalized spacial score (nSPS) is 12.4. The van der Waals surface area contributed by atoms with Gasteiger partial charge in [0.1, 0.15) is 6.17 Å². The lowest BCUT2D eigenvalue weighted by Gasteiger charge is -2.27. The number of benzene rings is 2. The number of carbonyl (C=O) groups is 1. The Kier molecular flexibility index (Phi) is 7.92. The molecule has 1 amide bonds. The Hall–Kier alpha value is -1.79. The fraction of sp³-hybridized carbons (Fsp3) is 0.158.